The standard InChI is InChI=1S/C12H18N4O2/c1-16(8-10-3-2-6-18-10)12(17)9-4-5-14-11(7-9)15-13/h4-5,7,10H,2-3,6,8,13H2,1H3,(H,14,15). The van der Waals surface area contributed by atoms with Crippen LogP contribution in [0.5, 0.6) is 0 Å². The Hall–Kier alpha value is -1.66. The molecule has 1 saturated heterocycles. The van der Waals surface area contributed by atoms with Gasteiger partial charge in [0.1, 0.15) is 5.82 Å². The van der Waals surface area contributed by atoms with E-state index in [1.54, 1.807) is 30.3 Å². The molecule has 6 heteroatoms. The molecule has 1 atom stereocenters. The summed E-state index contributed by atoms with van der Waals surface area (Å²) >= 11 is 0. The third-order valence-corrected chi connectivity index (χ3v) is 3.00. The predicted molar refractivity (Wildman–Crippen MR) is 68.0 cm³/mol. The Bertz CT molecular complexity index is 418. The molecule has 2 heterocycles. The van der Waals surface area contributed by atoms with E-state index in [0.29, 0.717) is 17.9 Å². The summed E-state index contributed by atoms with van der Waals surface area (Å²) in [5.74, 6) is 5.70. The van der Waals surface area contributed by atoms with Gasteiger partial charge in [0.05, 0.1) is 6.10 Å². The zero-order valence-corrected chi connectivity index (χ0v) is 10.4. The van der Waals surface area contributed by atoms with Crippen molar-refractivity contribution in [2.24, 2.45) is 5.84 Å². The first-order valence-electron chi connectivity index (χ1n) is 6.00. The lowest BCUT2D eigenvalue weighted by molar-refractivity contribution is 0.0587. The number of likely N-dealkylation sites (N-methyl/N-ethyl adjacent to an activating group) is 1. The number of nitrogen functional groups attached to an aromatic ring is 1. The average molecular weight is 250 g/mol. The summed E-state index contributed by atoms with van der Waals surface area (Å²) < 4.78 is 5.52. The summed E-state index contributed by atoms with van der Waals surface area (Å²) in [5, 5.41) is 0. The number of nitrogens with two attached hydrogens (primary N) is 1. The van der Waals surface area contributed by atoms with Crippen LogP contribution in [0.1, 0.15) is 23.2 Å². The lowest BCUT2D eigenvalue weighted by Crippen LogP contribution is -2.34. The van der Waals surface area contributed by atoms with E-state index in [4.69, 9.17) is 10.6 Å². The van der Waals surface area contributed by atoms with Crippen LogP contribution in [0, 0.1) is 0 Å². The number of nitrogens with zero attached hydrogens (tertiary/aromatic N) is 2. The topological polar surface area (TPSA) is 80.5 Å². The second kappa shape index (κ2) is 5.79. The Balaban J connectivity index is 2.00. The Morgan fingerprint density at radius 2 is 2.56 bits per heavy atom. The van der Waals surface area contributed by atoms with Crippen LogP contribution in [-0.2, 0) is 4.74 Å². The van der Waals surface area contributed by atoms with Crippen molar-refractivity contribution in [3.63, 3.8) is 0 Å². The van der Waals surface area contributed by atoms with E-state index < -0.39 is 0 Å². The number of carbonyl (C=O) groups is 1. The molecule has 0 radical (unpaired) electrons. The number of anilines is 1. The number of hydrazine groups is 1. The molecule has 1 aliphatic rings. The van der Waals surface area contributed by atoms with E-state index in [-0.39, 0.29) is 12.0 Å². The van der Waals surface area contributed by atoms with Crippen LogP contribution in [-0.4, -0.2) is 42.1 Å². The van der Waals surface area contributed by atoms with Crippen molar-refractivity contribution in [1.82, 2.24) is 9.88 Å². The molecule has 0 bridgehead atoms. The molecule has 1 aromatic heterocycles. The van der Waals surface area contributed by atoms with Crippen LogP contribution in [0.15, 0.2) is 18.3 Å². The second-order valence-electron chi connectivity index (χ2n) is 4.39. The number of nitrogens with one attached hydrogen (secondary N) is 1. The monoisotopic (exact) mass is 250 g/mol. The minimum atomic E-state index is -0.0515. The molecule has 2 rings (SSSR count). The lowest BCUT2D eigenvalue weighted by atomic mass is 10.2. The smallest absolute Gasteiger partial charge is 0.253 e. The Morgan fingerprint density at radius 3 is 3.22 bits per heavy atom. The minimum Gasteiger partial charge on any atom is -0.376 e. The van der Waals surface area contributed by atoms with Crippen LogP contribution in [0.2, 0.25) is 0 Å². The van der Waals surface area contributed by atoms with Gasteiger partial charge in [0.25, 0.3) is 5.91 Å². The average Bonchev–Trinajstić information content (AvgIpc) is 2.90. The largest absolute Gasteiger partial charge is 0.376 e. The normalized spacial score (nSPS) is 18.7. The SMILES string of the molecule is CN(CC1CCCO1)C(=O)c1ccnc(NN)c1. The van der Waals surface area contributed by atoms with Crippen LogP contribution < -0.4 is 11.3 Å². The second-order valence-corrected chi connectivity index (χ2v) is 4.39. The van der Waals surface area contributed by atoms with Crippen molar-refractivity contribution >= 4 is 11.7 Å². The maximum Gasteiger partial charge on any atom is 0.253 e. The van der Waals surface area contributed by atoms with Gasteiger partial charge in [-0.25, -0.2) is 10.8 Å². The molecule has 0 aromatic carbocycles. The Morgan fingerprint density at radius 1 is 1.72 bits per heavy atom. The van der Waals surface area contributed by atoms with Crippen LogP contribution in [0.4, 0.5) is 5.82 Å². The zero-order valence-electron chi connectivity index (χ0n) is 10.4. The number of pyridine rings is 1. The van der Waals surface area contributed by atoms with Crippen LogP contribution in [0.25, 0.3) is 0 Å². The fraction of sp³-hybridized carbons (Fsp3) is 0.500. The molecular weight excluding hydrogens is 232 g/mol. The van der Waals surface area contributed by atoms with E-state index >= 15 is 0 Å². The molecule has 1 fully saturated rings. The fourth-order valence-electron chi connectivity index (χ4n) is 2.04. The molecule has 1 aliphatic heterocycles. The number of rotatable bonds is 4. The quantitative estimate of drug-likeness (QED) is 0.605. The first-order valence-corrected chi connectivity index (χ1v) is 6.00. The highest BCUT2D eigenvalue weighted by Gasteiger charge is 2.20. The van der Waals surface area contributed by atoms with Crippen molar-refractivity contribution in [3.8, 4) is 0 Å². The number of carbonyl (C=O) groups excluding carboxylic acids is 1. The van der Waals surface area contributed by atoms with Crippen molar-refractivity contribution in [2.45, 2.75) is 18.9 Å². The maximum absolute atomic E-state index is 12.2. The maximum atomic E-state index is 12.2. The molecule has 18 heavy (non-hydrogen) atoms. The summed E-state index contributed by atoms with van der Waals surface area (Å²) in [6, 6.07) is 3.31. The van der Waals surface area contributed by atoms with Gasteiger partial charge in [-0.15, -0.1) is 0 Å². The molecule has 3 N–H and O–H groups in total. The third kappa shape index (κ3) is 2.96. The molecular formula is C12H18N4O2. The fourth-order valence-corrected chi connectivity index (χ4v) is 2.04. The Kier molecular flexibility index (Phi) is 4.11. The first kappa shape index (κ1) is 12.8. The molecule has 6 nitrogen and oxygen atoms in total. The number of hydrogen-bond donors (Lipinski definition) is 2. The van der Waals surface area contributed by atoms with Gasteiger partial charge in [-0.05, 0) is 25.0 Å². The van der Waals surface area contributed by atoms with Crippen LogP contribution in [0.3, 0.4) is 0 Å². The summed E-state index contributed by atoms with van der Waals surface area (Å²) in [7, 11) is 1.78. The molecule has 0 spiro atoms. The van der Waals surface area contributed by atoms with Gasteiger partial charge in [-0.3, -0.25) is 4.79 Å². The first-order chi connectivity index (χ1) is 8.70. The van der Waals surface area contributed by atoms with E-state index in [0.717, 1.165) is 19.4 Å². The number of amides is 1. The van der Waals surface area contributed by atoms with Crippen molar-refractivity contribution in [2.75, 3.05) is 25.6 Å². The minimum absolute atomic E-state index is 0.0515. The predicted octanol–water partition coefficient (Wildman–Crippen LogP) is 0.618. The van der Waals surface area contributed by atoms with Gasteiger partial charge in [-0.1, -0.05) is 0 Å². The molecule has 1 amide bonds. The number of aromatic nitrogens is 1. The molecule has 0 aliphatic carbocycles. The van der Waals surface area contributed by atoms with Gasteiger partial charge in [0.2, 0.25) is 0 Å². The van der Waals surface area contributed by atoms with Crippen molar-refractivity contribution in [3.05, 3.63) is 23.9 Å². The molecule has 1 aromatic rings. The number of hydrogen-bond acceptors (Lipinski definition) is 5. The van der Waals surface area contributed by atoms with E-state index in [2.05, 4.69) is 10.4 Å². The van der Waals surface area contributed by atoms with Crippen molar-refractivity contribution < 1.29 is 9.53 Å². The molecule has 1 unspecified atom stereocenters. The summed E-state index contributed by atoms with van der Waals surface area (Å²) in [6.07, 6.45) is 3.81. The van der Waals surface area contributed by atoms with Gasteiger partial charge >= 0.3 is 0 Å². The van der Waals surface area contributed by atoms with Gasteiger partial charge in [0, 0.05) is 32.0 Å². The highest BCUT2D eigenvalue weighted by atomic mass is 16.5. The lowest BCUT2D eigenvalue weighted by Gasteiger charge is -2.21. The van der Waals surface area contributed by atoms with E-state index in [1.165, 1.54) is 0 Å². The van der Waals surface area contributed by atoms with Gasteiger partial charge in [-0.2, -0.15) is 0 Å². The molecule has 98 valence electrons. The zero-order chi connectivity index (χ0) is 13.0. The summed E-state index contributed by atoms with van der Waals surface area (Å²) in [4.78, 5) is 17.8. The summed E-state index contributed by atoms with van der Waals surface area (Å²) in [6.45, 7) is 1.41. The number of ether oxygens (including phenoxy) is 1. The van der Waals surface area contributed by atoms with Crippen LogP contribution >= 0.6 is 0 Å². The van der Waals surface area contributed by atoms with E-state index in [1.807, 2.05) is 0 Å². The van der Waals surface area contributed by atoms with E-state index in [9.17, 15) is 4.79 Å². The van der Waals surface area contributed by atoms with Crippen molar-refractivity contribution in [1.29, 1.82) is 0 Å². The summed E-state index contributed by atoms with van der Waals surface area (Å²) in [5.41, 5.74) is 3.00. The highest BCUT2D eigenvalue weighted by Crippen LogP contribution is 2.14. The third-order valence-electron chi connectivity index (χ3n) is 3.00. The Labute approximate surface area is 106 Å². The van der Waals surface area contributed by atoms with Gasteiger partial charge in [0.15, 0.2) is 0 Å². The van der Waals surface area contributed by atoms with Gasteiger partial charge < -0.3 is 15.1 Å². The molecule has 0 saturated carbocycles. The highest BCUT2D eigenvalue weighted by molar-refractivity contribution is 5.94.